The Morgan fingerprint density at radius 2 is 1.76 bits per heavy atom. The maximum atomic E-state index is 11.4. The largest absolute Gasteiger partial charge is 0.466 e. The van der Waals surface area contributed by atoms with Gasteiger partial charge in [0, 0.05) is 6.66 Å². The molecule has 0 saturated heterocycles. The van der Waals surface area contributed by atoms with Gasteiger partial charge in [-0.15, -0.1) is 0 Å². The average molecular weight is 267 g/mol. The average Bonchev–Trinajstić information content (AvgIpc) is 2.24. The van der Waals surface area contributed by atoms with Gasteiger partial charge in [0.15, 0.2) is 0 Å². The molecule has 0 rings (SSSR count). The number of nitrogens with zero attached hydrogens (tertiary/aromatic N) is 1. The second-order valence-electron chi connectivity index (χ2n) is 2.94. The fourth-order valence-corrected chi connectivity index (χ4v) is 1.43. The second kappa shape index (κ2) is 9.01. The second-order valence-corrected chi connectivity index (χ2v) is 4.10. The van der Waals surface area contributed by atoms with Gasteiger partial charge in [-0.25, -0.2) is 9.42 Å². The van der Waals surface area contributed by atoms with Crippen LogP contribution in [0.25, 0.3) is 0 Å². The molecule has 1 amide bonds. The number of amides is 1. The zero-order chi connectivity index (χ0) is 13.3. The summed E-state index contributed by atoms with van der Waals surface area (Å²) >= 11 is 0. The van der Waals surface area contributed by atoms with Crippen LogP contribution in [0, 0.1) is 0 Å². The highest BCUT2D eigenvalue weighted by molar-refractivity contribution is 7.38. The summed E-state index contributed by atoms with van der Waals surface area (Å²) < 4.78 is 25.1. The minimum atomic E-state index is -2.33. The van der Waals surface area contributed by atoms with Crippen LogP contribution in [0.15, 0.2) is 0 Å². The Labute approximate surface area is 101 Å². The molecule has 0 aromatic rings. The third kappa shape index (κ3) is 7.76. The SMILES string of the molecule is CCOC(=O)CCN(O[PH](C)=O)C(=O)OCC. The highest BCUT2D eigenvalue weighted by Gasteiger charge is 2.18. The molecule has 1 atom stereocenters. The summed E-state index contributed by atoms with van der Waals surface area (Å²) in [5.41, 5.74) is 0. The van der Waals surface area contributed by atoms with Gasteiger partial charge < -0.3 is 9.47 Å². The van der Waals surface area contributed by atoms with E-state index >= 15 is 0 Å². The van der Waals surface area contributed by atoms with Crippen molar-refractivity contribution in [1.29, 1.82) is 0 Å². The van der Waals surface area contributed by atoms with E-state index in [2.05, 4.69) is 4.74 Å². The lowest BCUT2D eigenvalue weighted by Crippen LogP contribution is -2.32. The van der Waals surface area contributed by atoms with Crippen molar-refractivity contribution < 1.29 is 28.3 Å². The Hall–Kier alpha value is -1.07. The lowest BCUT2D eigenvalue weighted by molar-refractivity contribution is -0.145. The summed E-state index contributed by atoms with van der Waals surface area (Å²) in [6.45, 7) is 5.04. The van der Waals surface area contributed by atoms with Gasteiger partial charge in [0.1, 0.15) is 0 Å². The molecule has 0 aliphatic rings. The van der Waals surface area contributed by atoms with Crippen molar-refractivity contribution in [2.24, 2.45) is 0 Å². The van der Waals surface area contributed by atoms with Crippen molar-refractivity contribution in [1.82, 2.24) is 5.06 Å². The molecule has 100 valence electrons. The predicted octanol–water partition coefficient (Wildman–Crippen LogP) is 1.43. The number of ether oxygens (including phenoxy) is 2. The van der Waals surface area contributed by atoms with Crippen molar-refractivity contribution >= 4 is 20.1 Å². The van der Waals surface area contributed by atoms with Gasteiger partial charge in [-0.05, 0) is 13.8 Å². The van der Waals surface area contributed by atoms with Gasteiger partial charge >= 0.3 is 12.1 Å². The first-order valence-electron chi connectivity index (χ1n) is 5.29. The summed E-state index contributed by atoms with van der Waals surface area (Å²) in [7, 11) is -2.33. The molecule has 0 saturated carbocycles. The molecule has 1 unspecified atom stereocenters. The molecule has 0 radical (unpaired) electrons. The first kappa shape index (κ1) is 15.9. The van der Waals surface area contributed by atoms with Crippen LogP contribution in [-0.4, -0.2) is 43.5 Å². The Bertz CT molecular complexity index is 283. The van der Waals surface area contributed by atoms with E-state index < -0.39 is 20.1 Å². The number of carbonyl (C=O) groups excluding carboxylic acids is 2. The monoisotopic (exact) mass is 267 g/mol. The molecular formula is C9H18NO6P. The normalized spacial score (nSPS) is 11.7. The third-order valence-corrected chi connectivity index (χ3v) is 2.01. The number of hydrogen-bond acceptors (Lipinski definition) is 6. The van der Waals surface area contributed by atoms with E-state index in [9.17, 15) is 14.2 Å². The smallest absolute Gasteiger partial charge is 0.434 e. The Morgan fingerprint density at radius 3 is 2.24 bits per heavy atom. The van der Waals surface area contributed by atoms with Crippen LogP contribution in [0.3, 0.4) is 0 Å². The van der Waals surface area contributed by atoms with E-state index in [4.69, 9.17) is 9.36 Å². The summed E-state index contributed by atoms with van der Waals surface area (Å²) in [6.07, 6.45) is -0.807. The van der Waals surface area contributed by atoms with Crippen molar-refractivity contribution in [2.75, 3.05) is 26.4 Å². The third-order valence-electron chi connectivity index (χ3n) is 1.53. The standard InChI is InChI=1S/C9H18NO6P/c1-4-14-8(11)6-7-10(16-17(3)13)9(12)15-5-2/h17H,4-7H2,1-3H3. The molecule has 0 N–H and O–H groups in total. The van der Waals surface area contributed by atoms with Crippen LogP contribution in [-0.2, 0) is 23.5 Å². The highest BCUT2D eigenvalue weighted by atomic mass is 31.1. The molecule has 0 fully saturated rings. The van der Waals surface area contributed by atoms with Crippen LogP contribution in [0.5, 0.6) is 0 Å². The maximum absolute atomic E-state index is 11.4. The Balaban J connectivity index is 4.23. The summed E-state index contributed by atoms with van der Waals surface area (Å²) in [6, 6.07) is 0. The molecule has 0 aromatic heterocycles. The quantitative estimate of drug-likeness (QED) is 0.394. The molecule has 0 aliphatic carbocycles. The first-order chi connectivity index (χ1) is 8.01. The van der Waals surface area contributed by atoms with Crippen molar-refractivity contribution in [2.45, 2.75) is 20.3 Å². The molecule has 7 nitrogen and oxygen atoms in total. The van der Waals surface area contributed by atoms with E-state index in [1.165, 1.54) is 6.66 Å². The molecule has 0 aromatic carbocycles. The first-order valence-corrected chi connectivity index (χ1v) is 7.11. The highest BCUT2D eigenvalue weighted by Crippen LogP contribution is 2.19. The van der Waals surface area contributed by atoms with Crippen LogP contribution < -0.4 is 0 Å². The molecule has 8 heteroatoms. The van der Waals surface area contributed by atoms with Gasteiger partial charge in [-0.2, -0.15) is 5.06 Å². The van der Waals surface area contributed by atoms with Crippen LogP contribution in [0.1, 0.15) is 20.3 Å². The number of esters is 1. The molecule has 0 heterocycles. The fourth-order valence-electron chi connectivity index (χ4n) is 0.951. The Morgan fingerprint density at radius 1 is 1.18 bits per heavy atom. The van der Waals surface area contributed by atoms with E-state index in [1.54, 1.807) is 13.8 Å². The molecule has 0 bridgehead atoms. The number of rotatable bonds is 7. The lowest BCUT2D eigenvalue weighted by atomic mass is 10.4. The zero-order valence-corrected chi connectivity index (χ0v) is 11.2. The number of hydroxylamine groups is 2. The van der Waals surface area contributed by atoms with E-state index in [-0.39, 0.29) is 26.2 Å². The minimum absolute atomic E-state index is 0.0399. The van der Waals surface area contributed by atoms with Gasteiger partial charge in [0.2, 0.25) is 8.03 Å². The molecule has 17 heavy (non-hydrogen) atoms. The van der Waals surface area contributed by atoms with Crippen molar-refractivity contribution in [3.8, 4) is 0 Å². The van der Waals surface area contributed by atoms with E-state index in [0.29, 0.717) is 0 Å². The summed E-state index contributed by atoms with van der Waals surface area (Å²) in [4.78, 5) is 22.4. The van der Waals surface area contributed by atoms with Gasteiger partial charge in [-0.3, -0.25) is 9.36 Å². The van der Waals surface area contributed by atoms with Gasteiger partial charge in [-0.1, -0.05) is 0 Å². The molecule has 0 aliphatic heterocycles. The topological polar surface area (TPSA) is 82.1 Å². The predicted molar refractivity (Wildman–Crippen MR) is 61.0 cm³/mol. The lowest BCUT2D eigenvalue weighted by Gasteiger charge is -2.19. The minimum Gasteiger partial charge on any atom is -0.466 e. The van der Waals surface area contributed by atoms with Crippen LogP contribution in [0.4, 0.5) is 4.79 Å². The number of hydrogen-bond donors (Lipinski definition) is 0. The van der Waals surface area contributed by atoms with E-state index in [1.807, 2.05) is 0 Å². The van der Waals surface area contributed by atoms with Gasteiger partial charge in [0.25, 0.3) is 0 Å². The summed E-state index contributed by atoms with van der Waals surface area (Å²) in [5, 5.41) is 0.779. The summed E-state index contributed by atoms with van der Waals surface area (Å²) in [5.74, 6) is -0.457. The van der Waals surface area contributed by atoms with Gasteiger partial charge in [0.05, 0.1) is 26.2 Å². The fraction of sp³-hybridized carbons (Fsp3) is 0.778. The molecule has 0 spiro atoms. The van der Waals surface area contributed by atoms with E-state index in [0.717, 1.165) is 5.06 Å². The maximum Gasteiger partial charge on any atom is 0.434 e. The zero-order valence-electron chi connectivity index (χ0n) is 10.2. The van der Waals surface area contributed by atoms with Crippen molar-refractivity contribution in [3.63, 3.8) is 0 Å². The van der Waals surface area contributed by atoms with Crippen molar-refractivity contribution in [3.05, 3.63) is 0 Å². The number of carbonyl (C=O) groups is 2. The molecular weight excluding hydrogens is 249 g/mol. The van der Waals surface area contributed by atoms with Crippen LogP contribution in [0.2, 0.25) is 0 Å². The van der Waals surface area contributed by atoms with Crippen LogP contribution >= 0.6 is 8.03 Å². The Kier molecular flexibility index (Phi) is 8.44.